The van der Waals surface area contributed by atoms with Crippen molar-refractivity contribution in [3.8, 4) is 0 Å². The number of rotatable bonds is 4. The highest BCUT2D eigenvalue weighted by molar-refractivity contribution is 7.92. The number of thiazole rings is 1. The van der Waals surface area contributed by atoms with E-state index in [-0.39, 0.29) is 10.8 Å². The molecule has 8 heteroatoms. The van der Waals surface area contributed by atoms with Gasteiger partial charge in [-0.3, -0.25) is 14.4 Å². The summed E-state index contributed by atoms with van der Waals surface area (Å²) < 4.78 is 29.0. The molecular weight excluding hydrogens is 442 g/mol. The van der Waals surface area contributed by atoms with E-state index in [0.29, 0.717) is 17.2 Å². The van der Waals surface area contributed by atoms with E-state index < -0.39 is 10.0 Å². The van der Waals surface area contributed by atoms with Crippen LogP contribution >= 0.6 is 11.3 Å². The molecule has 0 bridgehead atoms. The molecule has 1 aliphatic heterocycles. The van der Waals surface area contributed by atoms with Gasteiger partial charge in [-0.1, -0.05) is 41.7 Å². The van der Waals surface area contributed by atoms with E-state index in [2.05, 4.69) is 10.3 Å². The predicted molar refractivity (Wildman–Crippen MR) is 128 cm³/mol. The average Bonchev–Trinajstić information content (AvgIpc) is 3.22. The number of hydrogen-bond acceptors (Lipinski definition) is 5. The van der Waals surface area contributed by atoms with Crippen LogP contribution in [-0.4, -0.2) is 25.9 Å². The molecule has 32 heavy (non-hydrogen) atoms. The Bertz CT molecular complexity index is 1430. The zero-order chi connectivity index (χ0) is 22.3. The summed E-state index contributed by atoms with van der Waals surface area (Å²) in [7, 11) is -3.71. The van der Waals surface area contributed by atoms with Crippen LogP contribution in [0.2, 0.25) is 0 Å². The third-order valence-electron chi connectivity index (χ3n) is 5.61. The standard InChI is InChI=1S/C24H21N3O3S2/c1-16-6-4-10-21-22(16)25-24(31-21)26-23(28)18-11-13-19(14-12-18)32(29,30)27-15-5-8-17-7-2-3-9-20(17)27/h2-4,6-7,9-14H,5,8,15H2,1H3,(H,25,26,28). The number of carbonyl (C=O) groups excluding carboxylic acids is 1. The van der Waals surface area contributed by atoms with Crippen LogP contribution in [0.4, 0.5) is 10.8 Å². The molecule has 2 heterocycles. The van der Waals surface area contributed by atoms with E-state index >= 15 is 0 Å². The van der Waals surface area contributed by atoms with Gasteiger partial charge < -0.3 is 0 Å². The zero-order valence-electron chi connectivity index (χ0n) is 17.4. The summed E-state index contributed by atoms with van der Waals surface area (Å²) in [6.07, 6.45) is 1.64. The highest BCUT2D eigenvalue weighted by atomic mass is 32.2. The number of nitrogens with zero attached hydrogens (tertiary/aromatic N) is 2. The molecule has 0 atom stereocenters. The predicted octanol–water partition coefficient (Wildman–Crippen LogP) is 5.00. The van der Waals surface area contributed by atoms with Gasteiger partial charge in [0.05, 0.1) is 20.8 Å². The third-order valence-corrected chi connectivity index (χ3v) is 8.38. The van der Waals surface area contributed by atoms with Crippen LogP contribution in [-0.2, 0) is 16.4 Å². The number of sulfonamides is 1. The van der Waals surface area contributed by atoms with Crippen LogP contribution < -0.4 is 9.62 Å². The highest BCUT2D eigenvalue weighted by Crippen LogP contribution is 2.32. The molecule has 6 nitrogen and oxygen atoms in total. The molecule has 162 valence electrons. The van der Waals surface area contributed by atoms with Crippen molar-refractivity contribution in [3.05, 3.63) is 83.4 Å². The lowest BCUT2D eigenvalue weighted by Gasteiger charge is -2.30. The molecule has 1 N–H and O–H groups in total. The summed E-state index contributed by atoms with van der Waals surface area (Å²) in [5.74, 6) is -0.325. The topological polar surface area (TPSA) is 79.4 Å². The van der Waals surface area contributed by atoms with Crippen molar-refractivity contribution in [1.29, 1.82) is 0 Å². The summed E-state index contributed by atoms with van der Waals surface area (Å²) in [5.41, 5.74) is 4.05. The molecule has 0 saturated carbocycles. The number of benzene rings is 3. The Morgan fingerprint density at radius 1 is 1.03 bits per heavy atom. The van der Waals surface area contributed by atoms with E-state index in [1.54, 1.807) is 0 Å². The van der Waals surface area contributed by atoms with Crippen LogP contribution in [0.3, 0.4) is 0 Å². The summed E-state index contributed by atoms with van der Waals surface area (Å²) in [6, 6.07) is 19.5. The molecule has 1 aromatic heterocycles. The smallest absolute Gasteiger partial charge is 0.264 e. The van der Waals surface area contributed by atoms with Gasteiger partial charge in [0.2, 0.25) is 0 Å². The van der Waals surface area contributed by atoms with Crippen molar-refractivity contribution in [2.75, 3.05) is 16.2 Å². The summed E-state index contributed by atoms with van der Waals surface area (Å²) in [5, 5.41) is 3.33. The van der Waals surface area contributed by atoms with Gasteiger partial charge in [0, 0.05) is 12.1 Å². The van der Waals surface area contributed by atoms with E-state index in [4.69, 9.17) is 0 Å². The highest BCUT2D eigenvalue weighted by Gasteiger charge is 2.29. The quantitative estimate of drug-likeness (QED) is 0.462. The van der Waals surface area contributed by atoms with Crippen molar-refractivity contribution >= 4 is 48.3 Å². The maximum atomic E-state index is 13.3. The Kier molecular flexibility index (Phi) is 5.19. The number of para-hydroxylation sites is 2. The molecule has 1 amide bonds. The van der Waals surface area contributed by atoms with Crippen LogP contribution in [0.15, 0.2) is 71.6 Å². The van der Waals surface area contributed by atoms with Crippen molar-refractivity contribution in [1.82, 2.24) is 4.98 Å². The maximum absolute atomic E-state index is 13.3. The minimum Gasteiger partial charge on any atom is -0.298 e. The maximum Gasteiger partial charge on any atom is 0.264 e. The molecule has 0 unspecified atom stereocenters. The lowest BCUT2D eigenvalue weighted by Crippen LogP contribution is -2.35. The van der Waals surface area contributed by atoms with Gasteiger partial charge in [0.15, 0.2) is 5.13 Å². The average molecular weight is 464 g/mol. The van der Waals surface area contributed by atoms with Gasteiger partial charge in [-0.15, -0.1) is 0 Å². The Morgan fingerprint density at radius 2 is 1.81 bits per heavy atom. The number of nitrogens with one attached hydrogen (secondary N) is 1. The first-order valence-corrected chi connectivity index (χ1v) is 12.6. The Labute approximate surface area is 190 Å². The number of fused-ring (bicyclic) bond motifs is 2. The van der Waals surface area contributed by atoms with Crippen LogP contribution in [0.25, 0.3) is 10.2 Å². The Hall–Kier alpha value is -3.23. The molecule has 5 rings (SSSR count). The van der Waals surface area contributed by atoms with Gasteiger partial charge in [0.1, 0.15) is 0 Å². The second-order valence-electron chi connectivity index (χ2n) is 7.73. The Balaban J connectivity index is 1.38. The fourth-order valence-corrected chi connectivity index (χ4v) is 6.44. The third kappa shape index (κ3) is 3.65. The minimum absolute atomic E-state index is 0.168. The van der Waals surface area contributed by atoms with Gasteiger partial charge >= 0.3 is 0 Å². The molecule has 0 aliphatic carbocycles. The molecule has 0 radical (unpaired) electrons. The number of hydrogen-bond donors (Lipinski definition) is 1. The second-order valence-corrected chi connectivity index (χ2v) is 10.6. The number of aromatic nitrogens is 1. The minimum atomic E-state index is -3.71. The lowest BCUT2D eigenvalue weighted by atomic mass is 10.0. The second kappa shape index (κ2) is 8.03. The number of aryl methyl sites for hydroxylation is 2. The monoisotopic (exact) mass is 463 g/mol. The fraction of sp³-hybridized carbons (Fsp3) is 0.167. The molecule has 0 spiro atoms. The molecule has 0 saturated heterocycles. The summed E-state index contributed by atoms with van der Waals surface area (Å²) in [6.45, 7) is 2.42. The number of amides is 1. The fourth-order valence-electron chi connectivity index (χ4n) is 3.96. The van der Waals surface area contributed by atoms with E-state index in [9.17, 15) is 13.2 Å². The normalized spacial score (nSPS) is 13.7. The van der Waals surface area contributed by atoms with Crippen molar-refractivity contribution in [2.24, 2.45) is 0 Å². The van der Waals surface area contributed by atoms with Crippen molar-refractivity contribution < 1.29 is 13.2 Å². The largest absolute Gasteiger partial charge is 0.298 e. The van der Waals surface area contributed by atoms with Gasteiger partial charge in [-0.2, -0.15) is 0 Å². The summed E-state index contributed by atoms with van der Waals surface area (Å²) >= 11 is 1.41. The lowest BCUT2D eigenvalue weighted by molar-refractivity contribution is 0.102. The number of carbonyl (C=O) groups is 1. The molecule has 1 aliphatic rings. The molecule has 3 aromatic carbocycles. The van der Waals surface area contributed by atoms with Gasteiger partial charge in [-0.05, 0) is 67.3 Å². The van der Waals surface area contributed by atoms with Crippen molar-refractivity contribution in [2.45, 2.75) is 24.7 Å². The first-order valence-electron chi connectivity index (χ1n) is 10.3. The first-order chi connectivity index (χ1) is 15.4. The van der Waals surface area contributed by atoms with Crippen LogP contribution in [0, 0.1) is 6.92 Å². The van der Waals surface area contributed by atoms with Gasteiger partial charge in [0.25, 0.3) is 15.9 Å². The number of anilines is 2. The van der Waals surface area contributed by atoms with Gasteiger partial charge in [-0.25, -0.2) is 13.4 Å². The zero-order valence-corrected chi connectivity index (χ0v) is 19.0. The van der Waals surface area contributed by atoms with Crippen LogP contribution in [0.5, 0.6) is 0 Å². The molecule has 0 fully saturated rings. The summed E-state index contributed by atoms with van der Waals surface area (Å²) in [4.78, 5) is 17.4. The van der Waals surface area contributed by atoms with Crippen LogP contribution in [0.1, 0.15) is 27.9 Å². The van der Waals surface area contributed by atoms with E-state index in [0.717, 1.165) is 39.9 Å². The van der Waals surface area contributed by atoms with E-state index in [1.165, 1.54) is 39.9 Å². The van der Waals surface area contributed by atoms with E-state index in [1.807, 2.05) is 49.4 Å². The molecule has 4 aromatic rings. The first kappa shape index (κ1) is 20.7. The molecular formula is C24H21N3O3S2. The SMILES string of the molecule is Cc1cccc2sc(NC(=O)c3ccc(S(=O)(=O)N4CCCc5ccccc54)cc3)nc12. The van der Waals surface area contributed by atoms with Crippen molar-refractivity contribution in [3.63, 3.8) is 0 Å². The Morgan fingerprint density at radius 3 is 2.59 bits per heavy atom.